The lowest BCUT2D eigenvalue weighted by atomic mass is 10.2. The number of nitrogens with one attached hydrogen (secondary N) is 1. The minimum absolute atomic E-state index is 0.00464. The first kappa shape index (κ1) is 16.0. The molecule has 0 unspecified atom stereocenters. The molecule has 0 bridgehead atoms. The number of carbonyl (C=O) groups is 1. The van der Waals surface area contributed by atoms with Gasteiger partial charge in [-0.15, -0.1) is 23.5 Å². The fraction of sp³-hybridized carbons (Fsp3) is 0.333. The summed E-state index contributed by atoms with van der Waals surface area (Å²) >= 11 is 3.21. The molecular formula is C15H18N2O2S2. The lowest BCUT2D eigenvalue weighted by Crippen LogP contribution is -2.14. The highest BCUT2D eigenvalue weighted by atomic mass is 32.2. The first-order valence-corrected chi connectivity index (χ1v) is 8.91. The zero-order valence-corrected chi connectivity index (χ0v) is 13.9. The van der Waals surface area contributed by atoms with Crippen molar-refractivity contribution >= 4 is 35.1 Å². The second-order valence-electron chi connectivity index (χ2n) is 4.58. The maximum Gasteiger partial charge on any atom is 0.234 e. The standard InChI is InChI=1S/C15H18N2O2S2/c1-10-14(11(2)19-17-10)8-21-9-15(18)16-12-5-4-6-13(7-12)20-3/h4-7H,8-9H2,1-3H3,(H,16,18). The number of aromatic nitrogens is 1. The molecule has 0 atom stereocenters. The zero-order chi connectivity index (χ0) is 15.2. The number of amides is 1. The van der Waals surface area contributed by atoms with Crippen LogP contribution in [0.25, 0.3) is 0 Å². The van der Waals surface area contributed by atoms with E-state index in [1.165, 1.54) is 0 Å². The zero-order valence-electron chi connectivity index (χ0n) is 12.3. The number of carbonyl (C=O) groups excluding carboxylic acids is 1. The second kappa shape index (κ2) is 7.56. The van der Waals surface area contributed by atoms with Crippen LogP contribution in [0.1, 0.15) is 17.0 Å². The molecule has 0 spiro atoms. The van der Waals surface area contributed by atoms with Gasteiger partial charge < -0.3 is 9.84 Å². The lowest BCUT2D eigenvalue weighted by molar-refractivity contribution is -0.113. The molecule has 4 nitrogen and oxygen atoms in total. The molecule has 21 heavy (non-hydrogen) atoms. The van der Waals surface area contributed by atoms with Crippen LogP contribution in [0.4, 0.5) is 5.69 Å². The van der Waals surface area contributed by atoms with E-state index in [9.17, 15) is 4.79 Å². The first-order chi connectivity index (χ1) is 10.1. The third kappa shape index (κ3) is 4.54. The molecule has 0 saturated heterocycles. The van der Waals surface area contributed by atoms with Crippen LogP contribution in [0.3, 0.4) is 0 Å². The number of hydrogen-bond donors (Lipinski definition) is 1. The number of anilines is 1. The summed E-state index contributed by atoms with van der Waals surface area (Å²) in [6, 6.07) is 7.84. The van der Waals surface area contributed by atoms with Gasteiger partial charge in [-0.1, -0.05) is 11.2 Å². The summed E-state index contributed by atoms with van der Waals surface area (Å²) in [5.74, 6) is 1.98. The highest BCUT2D eigenvalue weighted by Crippen LogP contribution is 2.21. The van der Waals surface area contributed by atoms with Crippen molar-refractivity contribution in [3.8, 4) is 0 Å². The monoisotopic (exact) mass is 322 g/mol. The van der Waals surface area contributed by atoms with E-state index in [1.807, 2.05) is 44.4 Å². The van der Waals surface area contributed by atoms with E-state index in [1.54, 1.807) is 23.5 Å². The molecule has 0 saturated carbocycles. The molecule has 2 rings (SSSR count). The maximum atomic E-state index is 11.9. The van der Waals surface area contributed by atoms with Gasteiger partial charge in [0, 0.05) is 21.9 Å². The summed E-state index contributed by atoms with van der Waals surface area (Å²) in [5.41, 5.74) is 2.81. The first-order valence-electron chi connectivity index (χ1n) is 6.53. The van der Waals surface area contributed by atoms with Crippen molar-refractivity contribution in [1.82, 2.24) is 5.16 Å². The largest absolute Gasteiger partial charge is 0.361 e. The van der Waals surface area contributed by atoms with Gasteiger partial charge in [0.15, 0.2) is 0 Å². The van der Waals surface area contributed by atoms with Gasteiger partial charge in [-0.2, -0.15) is 0 Å². The normalized spacial score (nSPS) is 10.6. The Morgan fingerprint density at radius 1 is 1.38 bits per heavy atom. The van der Waals surface area contributed by atoms with Gasteiger partial charge >= 0.3 is 0 Å². The molecule has 112 valence electrons. The number of thioether (sulfide) groups is 2. The summed E-state index contributed by atoms with van der Waals surface area (Å²) in [4.78, 5) is 13.1. The molecular weight excluding hydrogens is 304 g/mol. The molecule has 2 aromatic rings. The number of benzene rings is 1. The van der Waals surface area contributed by atoms with E-state index in [0.29, 0.717) is 5.75 Å². The van der Waals surface area contributed by atoms with Crippen LogP contribution >= 0.6 is 23.5 Å². The van der Waals surface area contributed by atoms with Crippen LogP contribution in [-0.4, -0.2) is 23.1 Å². The Morgan fingerprint density at radius 2 is 2.19 bits per heavy atom. The lowest BCUT2D eigenvalue weighted by Gasteiger charge is -2.06. The quantitative estimate of drug-likeness (QED) is 0.818. The van der Waals surface area contributed by atoms with Gasteiger partial charge in [0.25, 0.3) is 0 Å². The predicted molar refractivity (Wildman–Crippen MR) is 89.0 cm³/mol. The highest BCUT2D eigenvalue weighted by Gasteiger charge is 2.10. The number of hydrogen-bond acceptors (Lipinski definition) is 5. The molecule has 1 amide bonds. The average molecular weight is 322 g/mol. The van der Waals surface area contributed by atoms with Gasteiger partial charge in [-0.25, -0.2) is 0 Å². The molecule has 0 aliphatic heterocycles. The maximum absolute atomic E-state index is 11.9. The summed E-state index contributed by atoms with van der Waals surface area (Å²) in [6.07, 6.45) is 2.01. The molecule has 0 fully saturated rings. The van der Waals surface area contributed by atoms with Crippen molar-refractivity contribution in [2.75, 3.05) is 17.3 Å². The minimum Gasteiger partial charge on any atom is -0.361 e. The van der Waals surface area contributed by atoms with Crippen LogP contribution in [-0.2, 0) is 10.5 Å². The van der Waals surface area contributed by atoms with Crippen LogP contribution in [0.15, 0.2) is 33.7 Å². The minimum atomic E-state index is 0.00464. The topological polar surface area (TPSA) is 55.1 Å². The van der Waals surface area contributed by atoms with Crippen molar-refractivity contribution in [2.45, 2.75) is 24.5 Å². The Bertz CT molecular complexity index is 606. The fourth-order valence-electron chi connectivity index (χ4n) is 1.85. The SMILES string of the molecule is CSc1cccc(NC(=O)CSCc2c(C)noc2C)c1. The Balaban J connectivity index is 1.82. The van der Waals surface area contributed by atoms with Crippen molar-refractivity contribution in [3.63, 3.8) is 0 Å². The number of rotatable bonds is 6. The third-order valence-corrected chi connectivity index (χ3v) is 4.70. The summed E-state index contributed by atoms with van der Waals surface area (Å²) in [6.45, 7) is 3.81. The van der Waals surface area contributed by atoms with E-state index in [0.717, 1.165) is 33.4 Å². The summed E-state index contributed by atoms with van der Waals surface area (Å²) in [5, 5.41) is 6.82. The van der Waals surface area contributed by atoms with Gasteiger partial charge in [0.05, 0.1) is 11.4 Å². The Kier molecular flexibility index (Phi) is 5.76. The molecule has 6 heteroatoms. The average Bonchev–Trinajstić information content (AvgIpc) is 2.79. The molecule has 0 aliphatic rings. The van der Waals surface area contributed by atoms with Crippen LogP contribution in [0, 0.1) is 13.8 Å². The van der Waals surface area contributed by atoms with Gasteiger partial charge in [0.1, 0.15) is 5.76 Å². The molecule has 0 aliphatic carbocycles. The number of aryl methyl sites for hydroxylation is 2. The van der Waals surface area contributed by atoms with Crippen molar-refractivity contribution < 1.29 is 9.32 Å². The Hall–Kier alpha value is -1.40. The van der Waals surface area contributed by atoms with Crippen molar-refractivity contribution in [3.05, 3.63) is 41.3 Å². The molecule has 0 radical (unpaired) electrons. The summed E-state index contributed by atoms with van der Waals surface area (Å²) < 4.78 is 5.11. The van der Waals surface area contributed by atoms with Crippen LogP contribution in [0.2, 0.25) is 0 Å². The van der Waals surface area contributed by atoms with Gasteiger partial charge in [-0.05, 0) is 38.3 Å². The predicted octanol–water partition coefficient (Wildman–Crippen LogP) is 3.89. The Labute approximate surface area is 133 Å². The molecule has 1 aromatic heterocycles. The second-order valence-corrected chi connectivity index (χ2v) is 6.44. The van der Waals surface area contributed by atoms with Gasteiger partial charge in [0.2, 0.25) is 5.91 Å². The molecule has 1 N–H and O–H groups in total. The smallest absolute Gasteiger partial charge is 0.234 e. The van der Waals surface area contributed by atoms with E-state index >= 15 is 0 Å². The van der Waals surface area contributed by atoms with E-state index in [2.05, 4.69) is 10.5 Å². The van der Waals surface area contributed by atoms with E-state index in [4.69, 9.17) is 4.52 Å². The van der Waals surface area contributed by atoms with E-state index < -0.39 is 0 Å². The van der Waals surface area contributed by atoms with Crippen molar-refractivity contribution in [2.24, 2.45) is 0 Å². The highest BCUT2D eigenvalue weighted by molar-refractivity contribution is 7.99. The van der Waals surface area contributed by atoms with E-state index in [-0.39, 0.29) is 5.91 Å². The van der Waals surface area contributed by atoms with Crippen LogP contribution in [0.5, 0.6) is 0 Å². The van der Waals surface area contributed by atoms with Crippen LogP contribution < -0.4 is 5.32 Å². The number of nitrogens with zero attached hydrogens (tertiary/aromatic N) is 1. The third-order valence-electron chi connectivity index (χ3n) is 3.01. The Morgan fingerprint density at radius 3 is 2.86 bits per heavy atom. The van der Waals surface area contributed by atoms with Gasteiger partial charge in [-0.3, -0.25) is 4.79 Å². The fourth-order valence-corrected chi connectivity index (χ4v) is 3.29. The molecule has 1 aromatic carbocycles. The van der Waals surface area contributed by atoms with Crippen molar-refractivity contribution in [1.29, 1.82) is 0 Å². The summed E-state index contributed by atoms with van der Waals surface area (Å²) in [7, 11) is 0. The molecule has 1 heterocycles.